The minimum atomic E-state index is -0.937. The first-order valence-corrected chi connectivity index (χ1v) is 12.3. The number of esters is 2. The molecule has 0 aliphatic carbocycles. The number of carbonyl (C=O) groups excluding carboxylic acids is 3. The average molecular weight is 484 g/mol. The third-order valence-electron chi connectivity index (χ3n) is 5.08. The summed E-state index contributed by atoms with van der Waals surface area (Å²) in [5, 5.41) is 3.27. The van der Waals surface area contributed by atoms with Gasteiger partial charge in [-0.25, -0.2) is 4.79 Å². The summed E-state index contributed by atoms with van der Waals surface area (Å²) < 4.78 is 15.9. The van der Waals surface area contributed by atoms with E-state index in [0.29, 0.717) is 5.02 Å². The predicted molar refractivity (Wildman–Crippen MR) is 128 cm³/mol. The zero-order valence-corrected chi connectivity index (χ0v) is 20.8. The minimum absolute atomic E-state index is 0.00359. The van der Waals surface area contributed by atoms with E-state index in [1.54, 1.807) is 26.0 Å². The molecule has 1 N–H and O–H groups in total. The maximum absolute atomic E-state index is 12.6. The van der Waals surface area contributed by atoms with Crippen LogP contribution in [-0.4, -0.2) is 43.7 Å². The van der Waals surface area contributed by atoms with Crippen LogP contribution < -0.4 is 5.32 Å². The third kappa shape index (κ3) is 12.6. The van der Waals surface area contributed by atoms with Crippen LogP contribution in [0.15, 0.2) is 24.3 Å². The van der Waals surface area contributed by atoms with E-state index in [1.807, 2.05) is 12.1 Å². The van der Waals surface area contributed by atoms with Crippen LogP contribution in [0.2, 0.25) is 5.02 Å². The molecule has 0 saturated heterocycles. The third-order valence-corrected chi connectivity index (χ3v) is 5.33. The Bertz CT molecular complexity index is 709. The normalized spacial score (nSPS) is 12.6. The Morgan fingerprint density at radius 1 is 0.909 bits per heavy atom. The van der Waals surface area contributed by atoms with Crippen LogP contribution >= 0.6 is 11.6 Å². The van der Waals surface area contributed by atoms with Gasteiger partial charge < -0.3 is 19.5 Å². The van der Waals surface area contributed by atoms with Gasteiger partial charge in [0.15, 0.2) is 0 Å². The second-order valence-electron chi connectivity index (χ2n) is 7.77. The fraction of sp³-hybridized carbons (Fsp3) is 0.640. The highest BCUT2D eigenvalue weighted by atomic mass is 35.5. The van der Waals surface area contributed by atoms with Gasteiger partial charge in [-0.3, -0.25) is 9.59 Å². The Hall–Kier alpha value is -2.12. The van der Waals surface area contributed by atoms with Gasteiger partial charge in [0.1, 0.15) is 12.6 Å². The van der Waals surface area contributed by atoms with Crippen LogP contribution in [0.4, 0.5) is 0 Å². The molecular formula is C25H38ClNO6. The van der Waals surface area contributed by atoms with E-state index in [1.165, 1.54) is 19.3 Å². The first-order valence-electron chi connectivity index (χ1n) is 11.9. The number of nitrogens with one attached hydrogen (secondary N) is 1. The smallest absolute Gasteiger partial charge is 0.328 e. The molecule has 0 aliphatic heterocycles. The molecule has 0 saturated carbocycles. The van der Waals surface area contributed by atoms with Gasteiger partial charge in [0.25, 0.3) is 0 Å². The number of rotatable bonds is 17. The van der Waals surface area contributed by atoms with Gasteiger partial charge in [0, 0.05) is 11.4 Å². The molecule has 1 aromatic rings. The maximum Gasteiger partial charge on any atom is 0.328 e. The van der Waals surface area contributed by atoms with Crippen molar-refractivity contribution in [3.8, 4) is 0 Å². The molecule has 1 aromatic carbocycles. The van der Waals surface area contributed by atoms with E-state index < -0.39 is 23.9 Å². The molecule has 1 amide bonds. The van der Waals surface area contributed by atoms with Gasteiger partial charge in [-0.05, 0) is 44.4 Å². The number of halogens is 1. The summed E-state index contributed by atoms with van der Waals surface area (Å²) in [4.78, 5) is 36.4. The summed E-state index contributed by atoms with van der Waals surface area (Å²) in [6, 6.07) is 6.47. The molecule has 0 bridgehead atoms. The molecule has 0 aromatic heterocycles. The predicted octanol–water partition coefficient (Wildman–Crippen LogP) is 5.15. The van der Waals surface area contributed by atoms with E-state index in [2.05, 4.69) is 12.2 Å². The van der Waals surface area contributed by atoms with Crippen molar-refractivity contribution >= 4 is 29.4 Å². The van der Waals surface area contributed by atoms with Crippen molar-refractivity contribution in [2.24, 2.45) is 0 Å². The van der Waals surface area contributed by atoms with Crippen LogP contribution in [0.25, 0.3) is 0 Å². The maximum atomic E-state index is 12.6. The van der Waals surface area contributed by atoms with Crippen molar-refractivity contribution in [3.05, 3.63) is 34.9 Å². The quantitative estimate of drug-likeness (QED) is 0.243. The van der Waals surface area contributed by atoms with Gasteiger partial charge in [-0.1, -0.05) is 62.8 Å². The Labute approximate surface area is 202 Å². The van der Waals surface area contributed by atoms with Crippen LogP contribution in [0.1, 0.15) is 83.8 Å². The Kier molecular flexibility index (Phi) is 15.2. The molecule has 2 atom stereocenters. The lowest BCUT2D eigenvalue weighted by Crippen LogP contribution is -2.44. The van der Waals surface area contributed by atoms with Crippen LogP contribution in [0, 0.1) is 0 Å². The number of ether oxygens (including phenoxy) is 3. The fourth-order valence-electron chi connectivity index (χ4n) is 3.36. The van der Waals surface area contributed by atoms with E-state index in [4.69, 9.17) is 25.8 Å². The monoisotopic (exact) mass is 483 g/mol. The molecule has 0 fully saturated rings. The molecular weight excluding hydrogens is 446 g/mol. The lowest BCUT2D eigenvalue weighted by atomic mass is 10.0. The Morgan fingerprint density at radius 2 is 1.58 bits per heavy atom. The highest BCUT2D eigenvalue weighted by Gasteiger charge is 2.24. The summed E-state index contributed by atoms with van der Waals surface area (Å²) >= 11 is 6.01. The standard InChI is InChI=1S/C25H38ClNO6/c1-4-7-8-9-10-11-22(19-12-14-20(26)15-13-19)33-18-23(28)27-21(25(30)32-6-3)16-17-24(29)31-5-2/h12-15,21-22H,4-11,16-18H2,1-3H3,(H,27,28). The van der Waals surface area contributed by atoms with E-state index in [9.17, 15) is 14.4 Å². The topological polar surface area (TPSA) is 90.9 Å². The van der Waals surface area contributed by atoms with Crippen LogP contribution in [0.5, 0.6) is 0 Å². The van der Waals surface area contributed by atoms with Gasteiger partial charge in [0.05, 0.1) is 19.3 Å². The number of carbonyl (C=O) groups is 3. The Balaban J connectivity index is 2.69. The van der Waals surface area contributed by atoms with Gasteiger partial charge in [-0.2, -0.15) is 0 Å². The zero-order valence-electron chi connectivity index (χ0n) is 20.1. The second kappa shape index (κ2) is 17.4. The lowest BCUT2D eigenvalue weighted by molar-refractivity contribution is -0.149. The zero-order chi connectivity index (χ0) is 24.5. The molecule has 1 rings (SSSR count). The molecule has 7 nitrogen and oxygen atoms in total. The highest BCUT2D eigenvalue weighted by Crippen LogP contribution is 2.25. The summed E-state index contributed by atoms with van der Waals surface area (Å²) in [7, 11) is 0. The molecule has 0 spiro atoms. The van der Waals surface area contributed by atoms with Crippen molar-refractivity contribution in [1.82, 2.24) is 5.32 Å². The summed E-state index contributed by atoms with van der Waals surface area (Å²) in [5.41, 5.74) is 0.951. The summed E-state index contributed by atoms with van der Waals surface area (Å²) in [6.07, 6.45) is 6.27. The van der Waals surface area contributed by atoms with Gasteiger partial charge >= 0.3 is 11.9 Å². The van der Waals surface area contributed by atoms with E-state index in [0.717, 1.165) is 24.8 Å². The molecule has 186 valence electrons. The SMILES string of the molecule is CCCCCCCC(OCC(=O)NC(CCC(=O)OCC)C(=O)OCC)c1ccc(Cl)cc1. The molecule has 33 heavy (non-hydrogen) atoms. The van der Waals surface area contributed by atoms with Crippen molar-refractivity contribution in [2.45, 2.75) is 84.3 Å². The molecule has 2 unspecified atom stereocenters. The highest BCUT2D eigenvalue weighted by molar-refractivity contribution is 6.30. The molecule has 0 heterocycles. The van der Waals surface area contributed by atoms with Crippen LogP contribution in [-0.2, 0) is 28.6 Å². The number of hydrogen-bond acceptors (Lipinski definition) is 6. The minimum Gasteiger partial charge on any atom is -0.466 e. The van der Waals surface area contributed by atoms with Crippen molar-refractivity contribution in [2.75, 3.05) is 19.8 Å². The fourth-order valence-corrected chi connectivity index (χ4v) is 3.48. The first-order chi connectivity index (χ1) is 15.9. The van der Waals surface area contributed by atoms with Crippen molar-refractivity contribution < 1.29 is 28.6 Å². The second-order valence-corrected chi connectivity index (χ2v) is 8.21. The van der Waals surface area contributed by atoms with Crippen LogP contribution in [0.3, 0.4) is 0 Å². The van der Waals surface area contributed by atoms with Crippen molar-refractivity contribution in [1.29, 1.82) is 0 Å². The average Bonchev–Trinajstić information content (AvgIpc) is 2.79. The largest absolute Gasteiger partial charge is 0.466 e. The van der Waals surface area contributed by atoms with Crippen molar-refractivity contribution in [3.63, 3.8) is 0 Å². The van der Waals surface area contributed by atoms with Gasteiger partial charge in [0.2, 0.25) is 5.91 Å². The number of hydrogen-bond donors (Lipinski definition) is 1. The summed E-state index contributed by atoms with van der Waals surface area (Å²) in [5.74, 6) is -1.45. The number of amides is 1. The summed E-state index contributed by atoms with van der Waals surface area (Å²) in [6.45, 7) is 5.79. The van der Waals surface area contributed by atoms with Gasteiger partial charge in [-0.15, -0.1) is 0 Å². The molecule has 8 heteroatoms. The lowest BCUT2D eigenvalue weighted by Gasteiger charge is -2.20. The first kappa shape index (κ1) is 28.9. The number of benzene rings is 1. The molecule has 0 aliphatic rings. The molecule has 0 radical (unpaired) electrons. The van der Waals surface area contributed by atoms with E-state index >= 15 is 0 Å². The van der Waals surface area contributed by atoms with E-state index in [-0.39, 0.29) is 38.8 Å². The Morgan fingerprint density at radius 3 is 2.21 bits per heavy atom. The number of unbranched alkanes of at least 4 members (excludes halogenated alkanes) is 4.